The fourth-order valence-electron chi connectivity index (χ4n) is 1.25. The van der Waals surface area contributed by atoms with Gasteiger partial charge in [0, 0.05) is 23.2 Å². The van der Waals surface area contributed by atoms with Gasteiger partial charge < -0.3 is 11.1 Å². The third kappa shape index (κ3) is 2.39. The first-order chi connectivity index (χ1) is 6.25. The molecule has 0 saturated heterocycles. The summed E-state index contributed by atoms with van der Waals surface area (Å²) >= 11 is 4.27. The maximum absolute atomic E-state index is 5.66. The van der Waals surface area contributed by atoms with Crippen molar-refractivity contribution >= 4 is 18.3 Å². The van der Waals surface area contributed by atoms with Crippen LogP contribution in [0.1, 0.15) is 18.4 Å². The Morgan fingerprint density at radius 1 is 1.46 bits per heavy atom. The molecule has 1 saturated carbocycles. The highest BCUT2D eigenvalue weighted by molar-refractivity contribution is 7.80. The molecule has 0 atom stereocenters. The van der Waals surface area contributed by atoms with Gasteiger partial charge in [0.25, 0.3) is 0 Å². The Labute approximate surface area is 83.9 Å². The van der Waals surface area contributed by atoms with Gasteiger partial charge >= 0.3 is 0 Å². The first-order valence-electron chi connectivity index (χ1n) is 4.56. The van der Waals surface area contributed by atoms with Crippen LogP contribution < -0.4 is 11.1 Å². The molecule has 3 heteroatoms. The SMILES string of the molecule is Nc1ccc(CNC2CC2)cc1S. The number of rotatable bonds is 3. The standard InChI is InChI=1S/C10H14N2S/c11-9-4-1-7(5-10(9)13)6-12-8-2-3-8/h1,4-5,8,12-13H,2-3,6,11H2. The van der Waals surface area contributed by atoms with E-state index in [1.807, 2.05) is 18.2 Å². The second-order valence-electron chi connectivity index (χ2n) is 3.55. The highest BCUT2D eigenvalue weighted by Crippen LogP contribution is 2.21. The number of hydrogen-bond donors (Lipinski definition) is 3. The fourth-order valence-corrected chi connectivity index (χ4v) is 1.49. The molecule has 1 aliphatic rings. The van der Waals surface area contributed by atoms with E-state index < -0.39 is 0 Å². The minimum Gasteiger partial charge on any atom is -0.398 e. The van der Waals surface area contributed by atoms with Crippen molar-refractivity contribution < 1.29 is 0 Å². The molecule has 0 bridgehead atoms. The molecule has 0 radical (unpaired) electrons. The third-order valence-electron chi connectivity index (χ3n) is 2.27. The second-order valence-corrected chi connectivity index (χ2v) is 4.03. The molecule has 13 heavy (non-hydrogen) atoms. The Bertz CT molecular complexity index is 308. The molecular weight excluding hydrogens is 180 g/mol. The van der Waals surface area contributed by atoms with Crippen LogP contribution in [0, 0.1) is 0 Å². The molecule has 2 rings (SSSR count). The predicted molar refractivity (Wildman–Crippen MR) is 58.0 cm³/mol. The van der Waals surface area contributed by atoms with Crippen LogP contribution >= 0.6 is 12.6 Å². The zero-order chi connectivity index (χ0) is 9.26. The maximum Gasteiger partial charge on any atom is 0.0449 e. The van der Waals surface area contributed by atoms with Gasteiger partial charge in [-0.05, 0) is 30.5 Å². The normalized spacial score (nSPS) is 16.1. The first-order valence-corrected chi connectivity index (χ1v) is 5.01. The number of thiol groups is 1. The lowest BCUT2D eigenvalue weighted by atomic mass is 10.2. The largest absolute Gasteiger partial charge is 0.398 e. The lowest BCUT2D eigenvalue weighted by Crippen LogP contribution is -2.15. The Hall–Kier alpha value is -0.670. The zero-order valence-electron chi connectivity index (χ0n) is 7.46. The van der Waals surface area contributed by atoms with Crippen LogP contribution in [0.15, 0.2) is 23.1 Å². The van der Waals surface area contributed by atoms with E-state index in [4.69, 9.17) is 5.73 Å². The molecule has 70 valence electrons. The molecule has 1 aromatic carbocycles. The van der Waals surface area contributed by atoms with E-state index in [0.29, 0.717) is 0 Å². The molecule has 0 aromatic heterocycles. The van der Waals surface area contributed by atoms with Gasteiger partial charge in [-0.3, -0.25) is 0 Å². The third-order valence-corrected chi connectivity index (χ3v) is 2.65. The lowest BCUT2D eigenvalue weighted by molar-refractivity contribution is 0.687. The van der Waals surface area contributed by atoms with Crippen LogP contribution in [0.3, 0.4) is 0 Å². The minimum absolute atomic E-state index is 0.749. The number of nitrogen functional groups attached to an aromatic ring is 1. The van der Waals surface area contributed by atoms with Crippen LogP contribution in [0.5, 0.6) is 0 Å². The van der Waals surface area contributed by atoms with Crippen molar-refractivity contribution in [3.63, 3.8) is 0 Å². The summed E-state index contributed by atoms with van der Waals surface area (Å²) in [5.74, 6) is 0. The van der Waals surface area contributed by atoms with Crippen molar-refractivity contribution in [1.29, 1.82) is 0 Å². The second kappa shape index (κ2) is 3.60. The van der Waals surface area contributed by atoms with Gasteiger partial charge in [-0.15, -0.1) is 12.6 Å². The van der Waals surface area contributed by atoms with Gasteiger partial charge in [0.15, 0.2) is 0 Å². The van der Waals surface area contributed by atoms with Crippen molar-refractivity contribution in [1.82, 2.24) is 5.32 Å². The summed E-state index contributed by atoms with van der Waals surface area (Å²) in [6.07, 6.45) is 2.64. The Morgan fingerprint density at radius 2 is 2.23 bits per heavy atom. The Kier molecular flexibility index (Phi) is 2.47. The average molecular weight is 194 g/mol. The van der Waals surface area contributed by atoms with Crippen LogP contribution in [-0.4, -0.2) is 6.04 Å². The molecule has 0 amide bonds. The Balaban J connectivity index is 1.98. The number of nitrogens with two attached hydrogens (primary N) is 1. The van der Waals surface area contributed by atoms with E-state index in [9.17, 15) is 0 Å². The minimum atomic E-state index is 0.749. The topological polar surface area (TPSA) is 38.0 Å². The molecule has 1 aromatic rings. The van der Waals surface area contributed by atoms with Gasteiger partial charge in [0.1, 0.15) is 0 Å². The van der Waals surface area contributed by atoms with E-state index in [1.54, 1.807) is 0 Å². The van der Waals surface area contributed by atoms with Gasteiger partial charge in [-0.1, -0.05) is 6.07 Å². The smallest absolute Gasteiger partial charge is 0.0449 e. The first kappa shape index (κ1) is 8.91. The predicted octanol–water partition coefficient (Wildman–Crippen LogP) is 1.81. The molecule has 0 heterocycles. The van der Waals surface area contributed by atoms with Crippen LogP contribution in [-0.2, 0) is 6.54 Å². The molecule has 2 nitrogen and oxygen atoms in total. The fraction of sp³-hybridized carbons (Fsp3) is 0.400. The molecule has 0 spiro atoms. The number of anilines is 1. The van der Waals surface area contributed by atoms with E-state index in [-0.39, 0.29) is 0 Å². The van der Waals surface area contributed by atoms with Crippen molar-refractivity contribution in [2.75, 3.05) is 5.73 Å². The molecule has 0 unspecified atom stereocenters. The van der Waals surface area contributed by atoms with E-state index in [0.717, 1.165) is 23.2 Å². The average Bonchev–Trinajstić information content (AvgIpc) is 2.91. The number of benzene rings is 1. The number of hydrogen-bond acceptors (Lipinski definition) is 3. The van der Waals surface area contributed by atoms with Crippen LogP contribution in [0.25, 0.3) is 0 Å². The lowest BCUT2D eigenvalue weighted by Gasteiger charge is -2.05. The molecule has 1 aliphatic carbocycles. The maximum atomic E-state index is 5.66. The van der Waals surface area contributed by atoms with E-state index in [1.165, 1.54) is 18.4 Å². The molecule has 0 aliphatic heterocycles. The summed E-state index contributed by atoms with van der Waals surface area (Å²) in [7, 11) is 0. The summed E-state index contributed by atoms with van der Waals surface area (Å²) in [5.41, 5.74) is 7.66. The summed E-state index contributed by atoms with van der Waals surface area (Å²) in [6.45, 7) is 0.929. The van der Waals surface area contributed by atoms with E-state index >= 15 is 0 Å². The van der Waals surface area contributed by atoms with Crippen molar-refractivity contribution in [3.8, 4) is 0 Å². The number of nitrogens with one attached hydrogen (secondary N) is 1. The molecule has 1 fully saturated rings. The highest BCUT2D eigenvalue weighted by Gasteiger charge is 2.19. The van der Waals surface area contributed by atoms with Crippen molar-refractivity contribution in [2.24, 2.45) is 0 Å². The molecular formula is C10H14N2S. The van der Waals surface area contributed by atoms with Gasteiger partial charge in [0.05, 0.1) is 0 Å². The van der Waals surface area contributed by atoms with Gasteiger partial charge in [0.2, 0.25) is 0 Å². The molecule has 3 N–H and O–H groups in total. The monoisotopic (exact) mass is 194 g/mol. The summed E-state index contributed by atoms with van der Waals surface area (Å²) < 4.78 is 0. The van der Waals surface area contributed by atoms with Gasteiger partial charge in [-0.2, -0.15) is 0 Å². The van der Waals surface area contributed by atoms with Crippen molar-refractivity contribution in [3.05, 3.63) is 23.8 Å². The van der Waals surface area contributed by atoms with Gasteiger partial charge in [-0.25, -0.2) is 0 Å². The highest BCUT2D eigenvalue weighted by atomic mass is 32.1. The summed E-state index contributed by atoms with van der Waals surface area (Å²) in [5, 5.41) is 3.44. The van der Waals surface area contributed by atoms with E-state index in [2.05, 4.69) is 17.9 Å². The summed E-state index contributed by atoms with van der Waals surface area (Å²) in [4.78, 5) is 0.870. The Morgan fingerprint density at radius 3 is 2.85 bits per heavy atom. The zero-order valence-corrected chi connectivity index (χ0v) is 8.35. The van der Waals surface area contributed by atoms with Crippen LogP contribution in [0.2, 0.25) is 0 Å². The van der Waals surface area contributed by atoms with Crippen LogP contribution in [0.4, 0.5) is 5.69 Å². The van der Waals surface area contributed by atoms with Crippen molar-refractivity contribution in [2.45, 2.75) is 30.3 Å². The summed E-state index contributed by atoms with van der Waals surface area (Å²) in [6, 6.07) is 6.73. The quantitative estimate of drug-likeness (QED) is 0.507.